The second kappa shape index (κ2) is 10.4. The lowest BCUT2D eigenvalue weighted by atomic mass is 10.2. The van der Waals surface area contributed by atoms with E-state index in [1.165, 1.54) is 0 Å². The zero-order valence-electron chi connectivity index (χ0n) is 15.3. The molecule has 0 amide bonds. The van der Waals surface area contributed by atoms with E-state index >= 15 is 0 Å². The molecule has 142 valence electrons. The van der Waals surface area contributed by atoms with Crippen molar-refractivity contribution in [1.29, 1.82) is 0 Å². The predicted octanol–water partition coefficient (Wildman–Crippen LogP) is 1.95. The Labute approximate surface area is 159 Å². The number of benzene rings is 2. The molecule has 1 aliphatic rings. The first-order chi connectivity index (χ1) is 13.3. The van der Waals surface area contributed by atoms with Crippen LogP contribution in [0.2, 0.25) is 0 Å². The highest BCUT2D eigenvalue weighted by Gasteiger charge is 2.10. The number of nitrogens with one attached hydrogen (secondary N) is 1. The van der Waals surface area contributed by atoms with Crippen LogP contribution in [0.15, 0.2) is 58.5 Å². The number of hydrogen-bond donors (Lipinski definition) is 2. The van der Waals surface area contributed by atoms with E-state index < -0.39 is 6.10 Å². The van der Waals surface area contributed by atoms with Gasteiger partial charge in [-0.15, -0.1) is 0 Å². The molecule has 2 aromatic carbocycles. The van der Waals surface area contributed by atoms with Gasteiger partial charge in [-0.3, -0.25) is 9.98 Å². The lowest BCUT2D eigenvalue weighted by molar-refractivity contribution is 0.0625. The van der Waals surface area contributed by atoms with E-state index in [4.69, 9.17) is 9.47 Å². The average molecular weight is 367 g/mol. The summed E-state index contributed by atoms with van der Waals surface area (Å²) in [6.45, 7) is 3.21. The number of hydrogen-bond acceptors (Lipinski definition) is 6. The number of para-hydroxylation sites is 2. The van der Waals surface area contributed by atoms with Gasteiger partial charge in [0.1, 0.15) is 30.8 Å². The summed E-state index contributed by atoms with van der Waals surface area (Å²) in [4.78, 5) is 8.86. The van der Waals surface area contributed by atoms with Crippen molar-refractivity contribution >= 4 is 12.4 Å². The van der Waals surface area contributed by atoms with Gasteiger partial charge >= 0.3 is 0 Å². The highest BCUT2D eigenvalue weighted by Crippen LogP contribution is 2.18. The predicted molar refractivity (Wildman–Crippen MR) is 108 cm³/mol. The molecule has 1 heterocycles. The van der Waals surface area contributed by atoms with Gasteiger partial charge in [0.25, 0.3) is 0 Å². The Morgan fingerprint density at radius 3 is 1.78 bits per heavy atom. The first-order valence-corrected chi connectivity index (χ1v) is 9.15. The second-order valence-corrected chi connectivity index (χ2v) is 6.17. The lowest BCUT2D eigenvalue weighted by Crippen LogP contribution is -2.25. The third-order valence-corrected chi connectivity index (χ3v) is 4.00. The minimum absolute atomic E-state index is 0.142. The monoisotopic (exact) mass is 367 g/mol. The molecule has 0 radical (unpaired) electrons. The van der Waals surface area contributed by atoms with Crippen molar-refractivity contribution in [3.63, 3.8) is 0 Å². The van der Waals surface area contributed by atoms with Crippen molar-refractivity contribution in [3.8, 4) is 11.5 Å². The van der Waals surface area contributed by atoms with Crippen molar-refractivity contribution < 1.29 is 14.6 Å². The first-order valence-electron chi connectivity index (χ1n) is 9.15. The van der Waals surface area contributed by atoms with Crippen LogP contribution in [0.5, 0.6) is 11.5 Å². The molecule has 0 bridgehead atoms. The molecule has 1 aliphatic heterocycles. The molecule has 0 fully saturated rings. The van der Waals surface area contributed by atoms with Gasteiger partial charge in [0, 0.05) is 36.6 Å². The Morgan fingerprint density at radius 1 is 0.778 bits per heavy atom. The minimum Gasteiger partial charge on any atom is -0.490 e. The Balaban J connectivity index is 1.72. The minimum atomic E-state index is -0.747. The highest BCUT2D eigenvalue weighted by molar-refractivity contribution is 5.84. The van der Waals surface area contributed by atoms with Crippen molar-refractivity contribution in [1.82, 2.24) is 5.32 Å². The standard InChI is InChI=1S/C21H25N3O3/c25-19-15-26-20-7-3-1-5-17(20)13-23-11-9-22-10-12-24-14-18-6-2-4-8-21(18)27-16-19/h1-8,13-14,19,22,25H,9-12,15-16H2. The van der Waals surface area contributed by atoms with Crippen molar-refractivity contribution in [2.45, 2.75) is 6.10 Å². The molecular weight excluding hydrogens is 342 g/mol. The summed E-state index contributed by atoms with van der Waals surface area (Å²) < 4.78 is 11.5. The van der Waals surface area contributed by atoms with Crippen molar-refractivity contribution in [3.05, 3.63) is 59.7 Å². The summed E-state index contributed by atoms with van der Waals surface area (Å²) >= 11 is 0. The largest absolute Gasteiger partial charge is 0.490 e. The molecule has 27 heavy (non-hydrogen) atoms. The molecule has 0 aromatic heterocycles. The zero-order chi connectivity index (χ0) is 18.7. The maximum absolute atomic E-state index is 10.2. The van der Waals surface area contributed by atoms with E-state index in [9.17, 15) is 5.11 Å². The Hall–Kier alpha value is -2.70. The van der Waals surface area contributed by atoms with E-state index in [2.05, 4.69) is 15.3 Å². The van der Waals surface area contributed by atoms with Crippen LogP contribution in [-0.2, 0) is 0 Å². The number of fused-ring (bicyclic) bond motifs is 2. The third-order valence-electron chi connectivity index (χ3n) is 4.00. The number of aliphatic hydroxyl groups excluding tert-OH is 1. The summed E-state index contributed by atoms with van der Waals surface area (Å²) in [5, 5.41) is 13.5. The molecule has 3 rings (SSSR count). The fraction of sp³-hybridized carbons (Fsp3) is 0.333. The van der Waals surface area contributed by atoms with Gasteiger partial charge in [0.15, 0.2) is 0 Å². The van der Waals surface area contributed by atoms with E-state index in [0.29, 0.717) is 24.6 Å². The lowest BCUT2D eigenvalue weighted by Gasteiger charge is -2.15. The molecule has 6 nitrogen and oxygen atoms in total. The van der Waals surface area contributed by atoms with Gasteiger partial charge in [-0.1, -0.05) is 24.3 Å². The maximum atomic E-state index is 10.2. The molecule has 0 saturated carbocycles. The summed E-state index contributed by atoms with van der Waals surface area (Å²) in [6.07, 6.45) is 2.86. The summed E-state index contributed by atoms with van der Waals surface area (Å²) in [7, 11) is 0. The van der Waals surface area contributed by atoms with E-state index in [0.717, 1.165) is 24.2 Å². The van der Waals surface area contributed by atoms with Gasteiger partial charge in [-0.25, -0.2) is 0 Å². The number of ether oxygens (including phenoxy) is 2. The normalized spacial score (nSPS) is 18.9. The average Bonchev–Trinajstić information content (AvgIpc) is 2.70. The smallest absolute Gasteiger partial charge is 0.128 e. The number of rotatable bonds is 0. The Morgan fingerprint density at radius 2 is 1.26 bits per heavy atom. The molecule has 6 heteroatoms. The van der Waals surface area contributed by atoms with E-state index in [-0.39, 0.29) is 13.2 Å². The van der Waals surface area contributed by atoms with Gasteiger partial charge in [0.05, 0.1) is 13.1 Å². The fourth-order valence-electron chi connectivity index (χ4n) is 2.60. The molecular formula is C21H25N3O3. The van der Waals surface area contributed by atoms with Gasteiger partial charge in [0.2, 0.25) is 0 Å². The van der Waals surface area contributed by atoms with Crippen LogP contribution >= 0.6 is 0 Å². The van der Waals surface area contributed by atoms with Crippen molar-refractivity contribution in [2.24, 2.45) is 9.98 Å². The highest BCUT2D eigenvalue weighted by atomic mass is 16.5. The SMILES string of the molecule is OC1COc2ccccc2C=NCCNCCN=Cc2ccccc2OC1. The molecule has 2 aromatic rings. The van der Waals surface area contributed by atoms with Crippen molar-refractivity contribution in [2.75, 3.05) is 39.4 Å². The van der Waals surface area contributed by atoms with Crippen LogP contribution in [-0.4, -0.2) is 63.0 Å². The molecule has 0 aliphatic carbocycles. The summed E-state index contributed by atoms with van der Waals surface area (Å²) in [5.41, 5.74) is 1.78. The first kappa shape index (κ1) is 19.1. The van der Waals surface area contributed by atoms with Crippen LogP contribution in [0, 0.1) is 0 Å². The quantitative estimate of drug-likeness (QED) is 0.746. The van der Waals surface area contributed by atoms with Gasteiger partial charge in [-0.05, 0) is 24.3 Å². The molecule has 2 N–H and O–H groups in total. The fourth-order valence-corrected chi connectivity index (χ4v) is 2.60. The van der Waals surface area contributed by atoms with Crippen LogP contribution in [0.1, 0.15) is 11.1 Å². The number of aliphatic hydroxyl groups is 1. The topological polar surface area (TPSA) is 75.4 Å². The summed E-state index contributed by atoms with van der Waals surface area (Å²) in [6, 6.07) is 15.3. The van der Waals surface area contributed by atoms with E-state index in [1.54, 1.807) is 12.4 Å². The van der Waals surface area contributed by atoms with E-state index in [1.807, 2.05) is 48.5 Å². The van der Waals surface area contributed by atoms with Crippen LogP contribution in [0.3, 0.4) is 0 Å². The molecule has 0 saturated heterocycles. The third kappa shape index (κ3) is 6.20. The molecule has 0 atom stereocenters. The number of nitrogens with zero attached hydrogens (tertiary/aromatic N) is 2. The van der Waals surface area contributed by atoms with Gasteiger partial charge in [-0.2, -0.15) is 0 Å². The Bertz CT molecular complexity index is 713. The van der Waals surface area contributed by atoms with Crippen LogP contribution in [0.25, 0.3) is 0 Å². The number of aliphatic imine (C=N–C) groups is 2. The summed E-state index contributed by atoms with van der Waals surface area (Å²) in [5.74, 6) is 1.39. The van der Waals surface area contributed by atoms with Crippen LogP contribution in [0.4, 0.5) is 0 Å². The maximum Gasteiger partial charge on any atom is 0.128 e. The van der Waals surface area contributed by atoms with Crippen LogP contribution < -0.4 is 14.8 Å². The zero-order valence-corrected chi connectivity index (χ0v) is 15.3. The Kier molecular flexibility index (Phi) is 7.38. The molecule has 0 unspecified atom stereocenters. The molecule has 0 spiro atoms. The van der Waals surface area contributed by atoms with Gasteiger partial charge < -0.3 is 19.9 Å². The second-order valence-electron chi connectivity index (χ2n) is 6.17.